The third-order valence-corrected chi connectivity index (χ3v) is 1.01. The molecule has 0 unspecified atom stereocenters. The molecule has 0 aromatic carbocycles. The number of ether oxygens (including phenoxy) is 3. The molecule has 0 aliphatic rings. The maximum Gasteiger partial charge on any atom is 0.510 e. The highest BCUT2D eigenvalue weighted by Crippen LogP contribution is 2.06. The van der Waals surface area contributed by atoms with Crippen molar-refractivity contribution in [2.24, 2.45) is 0 Å². The van der Waals surface area contributed by atoms with Crippen LogP contribution in [-0.2, 0) is 19.0 Å². The molecule has 0 bridgehead atoms. The van der Waals surface area contributed by atoms with Gasteiger partial charge in [-0.15, -0.1) is 0 Å². The minimum Gasteiger partial charge on any atom is -0.457 e. The molecule has 0 atom stereocenters. The first kappa shape index (κ1) is 13.0. The molecule has 0 aromatic heterocycles. The van der Waals surface area contributed by atoms with Gasteiger partial charge in [-0.05, 0) is 20.8 Å². The Bertz CT molecular complexity index is 208. The minimum absolute atomic E-state index is 0.312. The molecule has 0 aliphatic carbocycles. The number of alkyl halides is 1. The molecule has 82 valence electrons. The molecule has 0 aromatic rings. The van der Waals surface area contributed by atoms with Crippen molar-refractivity contribution in [3.05, 3.63) is 0 Å². The molecule has 0 radical (unpaired) electrons. The molecule has 0 fully saturated rings. The Balaban J connectivity index is 3.70. The van der Waals surface area contributed by atoms with Crippen molar-refractivity contribution < 1.29 is 23.8 Å². The second-order valence-electron chi connectivity index (χ2n) is 3.38. The zero-order valence-corrected chi connectivity index (χ0v) is 9.09. The van der Waals surface area contributed by atoms with Gasteiger partial charge in [0.05, 0.1) is 0 Å². The van der Waals surface area contributed by atoms with Gasteiger partial charge in [0.1, 0.15) is 5.60 Å². The standard InChI is InChI=1S/C8H13ClO5/c1-8(2,3)14-6(10)4-12-7(11)13-5-9/h4-5H2,1-3H3. The summed E-state index contributed by atoms with van der Waals surface area (Å²) in [7, 11) is 0. The van der Waals surface area contributed by atoms with E-state index in [1.165, 1.54) is 0 Å². The van der Waals surface area contributed by atoms with Gasteiger partial charge in [-0.2, -0.15) is 0 Å². The number of carbonyl (C=O) groups is 2. The van der Waals surface area contributed by atoms with Crippen molar-refractivity contribution in [1.29, 1.82) is 0 Å². The average molecular weight is 225 g/mol. The lowest BCUT2D eigenvalue weighted by Crippen LogP contribution is -2.27. The van der Waals surface area contributed by atoms with Gasteiger partial charge in [0.2, 0.25) is 0 Å². The number of rotatable bonds is 3. The van der Waals surface area contributed by atoms with Crippen LogP contribution >= 0.6 is 11.6 Å². The van der Waals surface area contributed by atoms with E-state index in [-0.39, 0.29) is 6.07 Å². The Labute approximate surface area is 87.3 Å². The third kappa shape index (κ3) is 7.67. The van der Waals surface area contributed by atoms with Crippen molar-refractivity contribution in [3.8, 4) is 0 Å². The molecular weight excluding hydrogens is 212 g/mol. The van der Waals surface area contributed by atoms with Crippen LogP contribution in [0.4, 0.5) is 4.79 Å². The van der Waals surface area contributed by atoms with Gasteiger partial charge in [0, 0.05) is 0 Å². The molecule has 0 saturated heterocycles. The Hall–Kier alpha value is -0.970. The molecule has 0 spiro atoms. The normalized spacial score (nSPS) is 10.6. The lowest BCUT2D eigenvalue weighted by Gasteiger charge is -2.19. The maximum absolute atomic E-state index is 11.0. The summed E-state index contributed by atoms with van der Waals surface area (Å²) in [6.45, 7) is 4.65. The van der Waals surface area contributed by atoms with Crippen molar-refractivity contribution >= 4 is 23.7 Å². The van der Waals surface area contributed by atoms with Gasteiger partial charge < -0.3 is 14.2 Å². The van der Waals surface area contributed by atoms with Gasteiger partial charge in [-0.25, -0.2) is 9.59 Å². The highest BCUT2D eigenvalue weighted by molar-refractivity contribution is 6.17. The SMILES string of the molecule is CC(C)(C)OC(=O)COC(=O)OCCl. The van der Waals surface area contributed by atoms with E-state index < -0.39 is 24.3 Å². The van der Waals surface area contributed by atoms with Crippen LogP contribution in [-0.4, -0.2) is 30.4 Å². The summed E-state index contributed by atoms with van der Waals surface area (Å²) in [5, 5.41) is 0. The van der Waals surface area contributed by atoms with Crippen LogP contribution in [0, 0.1) is 0 Å². The maximum atomic E-state index is 11.0. The van der Waals surface area contributed by atoms with Crippen molar-refractivity contribution in [1.82, 2.24) is 0 Å². The first-order valence-electron chi connectivity index (χ1n) is 3.92. The zero-order valence-electron chi connectivity index (χ0n) is 8.33. The highest BCUT2D eigenvalue weighted by atomic mass is 35.5. The summed E-state index contributed by atoms with van der Waals surface area (Å²) in [5.74, 6) is -0.635. The summed E-state index contributed by atoms with van der Waals surface area (Å²) < 4.78 is 13.5. The first-order valence-corrected chi connectivity index (χ1v) is 4.46. The van der Waals surface area contributed by atoms with Crippen molar-refractivity contribution in [2.45, 2.75) is 26.4 Å². The molecule has 6 heteroatoms. The number of hydrogen-bond acceptors (Lipinski definition) is 5. The second kappa shape index (κ2) is 5.70. The van der Waals surface area contributed by atoms with Crippen molar-refractivity contribution in [3.63, 3.8) is 0 Å². The second-order valence-corrected chi connectivity index (χ2v) is 3.60. The van der Waals surface area contributed by atoms with Crippen LogP contribution in [0.3, 0.4) is 0 Å². The van der Waals surface area contributed by atoms with E-state index in [1.54, 1.807) is 20.8 Å². The number of halogens is 1. The Morgan fingerprint density at radius 2 is 1.79 bits per heavy atom. The lowest BCUT2D eigenvalue weighted by atomic mass is 10.2. The molecule has 0 saturated carbocycles. The Kier molecular flexibility index (Phi) is 5.30. The van der Waals surface area contributed by atoms with Crippen LogP contribution in [0.15, 0.2) is 0 Å². The Morgan fingerprint density at radius 1 is 1.21 bits per heavy atom. The molecular formula is C8H13ClO5. The summed E-state index contributed by atoms with van der Waals surface area (Å²) in [6.07, 6.45) is -0.995. The van der Waals surface area contributed by atoms with Gasteiger partial charge in [-0.3, -0.25) is 0 Å². The fourth-order valence-corrected chi connectivity index (χ4v) is 0.664. The van der Waals surface area contributed by atoms with E-state index in [4.69, 9.17) is 16.3 Å². The monoisotopic (exact) mass is 224 g/mol. The zero-order chi connectivity index (χ0) is 11.2. The molecule has 5 nitrogen and oxygen atoms in total. The van der Waals surface area contributed by atoms with Gasteiger partial charge >= 0.3 is 12.1 Å². The van der Waals surface area contributed by atoms with Crippen LogP contribution in [0.2, 0.25) is 0 Å². The van der Waals surface area contributed by atoms with E-state index in [0.29, 0.717) is 0 Å². The van der Waals surface area contributed by atoms with Crippen LogP contribution in [0.25, 0.3) is 0 Å². The molecule has 0 N–H and O–H groups in total. The van der Waals surface area contributed by atoms with Crippen LogP contribution in [0.1, 0.15) is 20.8 Å². The fraction of sp³-hybridized carbons (Fsp3) is 0.750. The summed E-state index contributed by atoms with van der Waals surface area (Å²) >= 11 is 5.08. The lowest BCUT2D eigenvalue weighted by molar-refractivity contribution is -0.158. The Morgan fingerprint density at radius 3 is 2.21 bits per heavy atom. The third-order valence-electron chi connectivity index (χ3n) is 0.900. The predicted octanol–water partition coefficient (Wildman–Crippen LogP) is 1.68. The van der Waals surface area contributed by atoms with Crippen LogP contribution in [0.5, 0.6) is 0 Å². The number of carbonyl (C=O) groups excluding carboxylic acids is 2. The molecule has 0 amide bonds. The van der Waals surface area contributed by atoms with Crippen molar-refractivity contribution in [2.75, 3.05) is 12.7 Å². The summed E-state index contributed by atoms with van der Waals surface area (Å²) in [5.41, 5.74) is -0.600. The van der Waals surface area contributed by atoms with E-state index in [1.807, 2.05) is 0 Å². The first-order chi connectivity index (χ1) is 6.35. The summed E-state index contributed by atoms with van der Waals surface area (Å²) in [6, 6.07) is -0.312. The summed E-state index contributed by atoms with van der Waals surface area (Å²) in [4.78, 5) is 21.6. The quantitative estimate of drug-likeness (QED) is 0.539. The minimum atomic E-state index is -0.995. The van der Waals surface area contributed by atoms with E-state index in [0.717, 1.165) is 0 Å². The van der Waals surface area contributed by atoms with E-state index in [2.05, 4.69) is 9.47 Å². The van der Waals surface area contributed by atoms with Gasteiger partial charge in [-0.1, -0.05) is 11.6 Å². The number of esters is 1. The average Bonchev–Trinajstić information content (AvgIpc) is 1.98. The van der Waals surface area contributed by atoms with Gasteiger partial charge in [0.25, 0.3) is 0 Å². The predicted molar refractivity (Wildman–Crippen MR) is 49.0 cm³/mol. The van der Waals surface area contributed by atoms with E-state index in [9.17, 15) is 9.59 Å². The smallest absolute Gasteiger partial charge is 0.457 e. The highest BCUT2D eigenvalue weighted by Gasteiger charge is 2.17. The van der Waals surface area contributed by atoms with Crippen LogP contribution < -0.4 is 0 Å². The molecule has 0 aliphatic heterocycles. The number of hydrogen-bond donors (Lipinski definition) is 0. The molecule has 0 rings (SSSR count). The largest absolute Gasteiger partial charge is 0.510 e. The topological polar surface area (TPSA) is 61.8 Å². The van der Waals surface area contributed by atoms with Gasteiger partial charge in [0.15, 0.2) is 12.7 Å². The molecule has 14 heavy (non-hydrogen) atoms. The van der Waals surface area contributed by atoms with E-state index >= 15 is 0 Å². The fourth-order valence-electron chi connectivity index (χ4n) is 0.575. The molecule has 0 heterocycles.